The third-order valence-electron chi connectivity index (χ3n) is 10.7. The number of aryl methyl sites for hydroxylation is 2. The zero-order chi connectivity index (χ0) is 37.6. The van der Waals surface area contributed by atoms with Crippen LogP contribution in [-0.2, 0) is 27.2 Å². The molecular formula is C42H51N5O6. The van der Waals surface area contributed by atoms with Crippen molar-refractivity contribution in [3.63, 3.8) is 0 Å². The van der Waals surface area contributed by atoms with Crippen LogP contribution in [0.4, 0.5) is 0 Å². The number of nitrogens with one attached hydrogen (secondary N) is 3. The zero-order valence-corrected chi connectivity index (χ0v) is 31.3. The number of carbonyl (C=O) groups is 4. The van der Waals surface area contributed by atoms with Crippen LogP contribution in [0.1, 0.15) is 53.9 Å². The van der Waals surface area contributed by atoms with Crippen molar-refractivity contribution >= 4 is 34.5 Å². The second-order valence-corrected chi connectivity index (χ2v) is 14.6. The highest BCUT2D eigenvalue weighted by molar-refractivity contribution is 5.96. The molecule has 0 bridgehead atoms. The van der Waals surface area contributed by atoms with Crippen molar-refractivity contribution in [2.45, 2.75) is 58.6 Å². The van der Waals surface area contributed by atoms with E-state index in [1.54, 1.807) is 42.2 Å². The highest BCUT2D eigenvalue weighted by Gasteiger charge is 2.48. The number of nitrogens with zero attached hydrogens (tertiary/aromatic N) is 2. The van der Waals surface area contributed by atoms with E-state index in [-0.39, 0.29) is 54.5 Å². The summed E-state index contributed by atoms with van der Waals surface area (Å²) in [6.07, 6.45) is 2.08. The fraction of sp³-hybridized carbons (Fsp3) is 0.429. The summed E-state index contributed by atoms with van der Waals surface area (Å²) in [5.41, 5.74) is 4.47. The van der Waals surface area contributed by atoms with Crippen LogP contribution in [0.15, 0.2) is 72.8 Å². The van der Waals surface area contributed by atoms with E-state index in [4.69, 9.17) is 9.47 Å². The first-order valence-electron chi connectivity index (χ1n) is 18.6. The summed E-state index contributed by atoms with van der Waals surface area (Å²) in [4.78, 5) is 62.4. The molecule has 2 saturated heterocycles. The lowest BCUT2D eigenvalue weighted by Gasteiger charge is -2.40. The van der Waals surface area contributed by atoms with Gasteiger partial charge in [-0.15, -0.1) is 0 Å². The normalized spacial score (nSPS) is 18.8. The Kier molecular flexibility index (Phi) is 11.7. The molecule has 280 valence electrons. The largest absolute Gasteiger partial charge is 0.493 e. The maximum Gasteiger partial charge on any atom is 0.254 e. The summed E-state index contributed by atoms with van der Waals surface area (Å²) in [5.74, 6) is -0.702. The number of ether oxygens (including phenoxy) is 2. The van der Waals surface area contributed by atoms with Crippen LogP contribution >= 0.6 is 0 Å². The van der Waals surface area contributed by atoms with Gasteiger partial charge in [0.1, 0.15) is 6.04 Å². The second kappa shape index (κ2) is 16.6. The van der Waals surface area contributed by atoms with E-state index in [1.807, 2.05) is 63.2 Å². The number of methoxy groups -OCH3 is 1. The number of fused-ring (bicyclic) bond motifs is 2. The minimum Gasteiger partial charge on any atom is -0.493 e. The highest BCUT2D eigenvalue weighted by atomic mass is 16.5. The molecule has 11 nitrogen and oxygen atoms in total. The number of aromatic amines is 1. The quantitative estimate of drug-likeness (QED) is 0.180. The number of amides is 4. The van der Waals surface area contributed by atoms with Gasteiger partial charge in [0.2, 0.25) is 17.7 Å². The van der Waals surface area contributed by atoms with E-state index in [2.05, 4.69) is 27.8 Å². The number of rotatable bonds is 13. The van der Waals surface area contributed by atoms with E-state index in [9.17, 15) is 19.2 Å². The molecule has 0 saturated carbocycles. The molecule has 3 unspecified atom stereocenters. The molecule has 0 spiro atoms. The predicted molar refractivity (Wildman–Crippen MR) is 204 cm³/mol. The molecule has 2 fully saturated rings. The summed E-state index contributed by atoms with van der Waals surface area (Å²) in [5, 5.41) is 6.77. The minimum absolute atomic E-state index is 0.0624. The average Bonchev–Trinajstić information content (AvgIpc) is 3.74. The number of H-pyrrole nitrogens is 1. The zero-order valence-electron chi connectivity index (χ0n) is 31.3. The fourth-order valence-corrected chi connectivity index (χ4v) is 7.96. The van der Waals surface area contributed by atoms with Crippen LogP contribution in [0.5, 0.6) is 11.5 Å². The Morgan fingerprint density at radius 1 is 0.906 bits per heavy atom. The monoisotopic (exact) mass is 721 g/mol. The van der Waals surface area contributed by atoms with Gasteiger partial charge in [-0.3, -0.25) is 19.2 Å². The summed E-state index contributed by atoms with van der Waals surface area (Å²) in [7, 11) is 3.11. The van der Waals surface area contributed by atoms with Crippen LogP contribution in [0.3, 0.4) is 0 Å². The van der Waals surface area contributed by atoms with Crippen LogP contribution in [-0.4, -0.2) is 90.9 Å². The molecule has 3 aromatic carbocycles. The molecule has 11 heteroatoms. The number of para-hydroxylation sites is 1. The Hall–Kier alpha value is -5.32. The molecule has 6 rings (SSSR count). The molecule has 0 radical (unpaired) electrons. The standard InChI is InChI=1S/C42H51N5O6/c1-26(2)53-37-19-18-29(20-38(37)52-5)42(51)47-23-30-22-46(39(48)21-32-27(3)44-35-16-10-9-15-31(32)35)25-34(33(30)24-47)40(49)45-36(41(50)43-4)17-11-14-28-12-7-6-8-13-28/h6-10,12-13,15-16,18-20,26,30,33-34,36,44H,11,14,17,21-25H2,1-5H3,(H,43,50)(H,45,49)/t30?,33?,34?,36-/m0/s1. The Morgan fingerprint density at radius 3 is 2.38 bits per heavy atom. The van der Waals surface area contributed by atoms with Gasteiger partial charge in [-0.25, -0.2) is 0 Å². The van der Waals surface area contributed by atoms with Crippen molar-refractivity contribution in [3.8, 4) is 11.5 Å². The van der Waals surface area contributed by atoms with Gasteiger partial charge >= 0.3 is 0 Å². The van der Waals surface area contributed by atoms with E-state index in [0.29, 0.717) is 49.5 Å². The molecular weight excluding hydrogens is 670 g/mol. The summed E-state index contributed by atoms with van der Waals surface area (Å²) in [6.45, 7) is 7.21. The number of piperidine rings is 1. The maximum atomic E-state index is 14.3. The smallest absolute Gasteiger partial charge is 0.254 e. The van der Waals surface area contributed by atoms with Crippen LogP contribution < -0.4 is 20.1 Å². The topological polar surface area (TPSA) is 133 Å². The minimum atomic E-state index is -0.729. The molecule has 4 atom stereocenters. The Labute approximate surface area is 311 Å². The number of likely N-dealkylation sites (tertiary alicyclic amines) is 2. The van der Waals surface area contributed by atoms with Crippen LogP contribution in [0.2, 0.25) is 0 Å². The van der Waals surface area contributed by atoms with E-state index < -0.39 is 12.0 Å². The molecule has 1 aromatic heterocycles. The molecule has 0 aliphatic carbocycles. The molecule has 3 heterocycles. The Bertz CT molecular complexity index is 1940. The van der Waals surface area contributed by atoms with Crippen molar-refractivity contribution in [2.75, 3.05) is 40.3 Å². The van der Waals surface area contributed by atoms with Gasteiger partial charge in [0.25, 0.3) is 5.91 Å². The third-order valence-corrected chi connectivity index (χ3v) is 10.7. The lowest BCUT2D eigenvalue weighted by atomic mass is 9.79. The average molecular weight is 722 g/mol. The first kappa shape index (κ1) is 37.4. The van der Waals surface area contributed by atoms with Gasteiger partial charge in [0.15, 0.2) is 11.5 Å². The Morgan fingerprint density at radius 2 is 1.64 bits per heavy atom. The van der Waals surface area contributed by atoms with E-state index >= 15 is 0 Å². The lowest BCUT2D eigenvalue weighted by molar-refractivity contribution is -0.140. The van der Waals surface area contributed by atoms with Crippen molar-refractivity contribution in [2.24, 2.45) is 17.8 Å². The van der Waals surface area contributed by atoms with Gasteiger partial charge in [0, 0.05) is 55.4 Å². The molecule has 2 aliphatic rings. The molecule has 4 amide bonds. The van der Waals surface area contributed by atoms with E-state index in [1.165, 1.54) is 5.56 Å². The number of likely N-dealkylation sites (N-methyl/N-ethyl adjacent to an activating group) is 1. The van der Waals surface area contributed by atoms with Gasteiger partial charge in [-0.05, 0) is 87.3 Å². The number of hydrogen-bond donors (Lipinski definition) is 3. The lowest BCUT2D eigenvalue weighted by Crippen LogP contribution is -2.56. The molecule has 4 aromatic rings. The number of benzene rings is 3. The molecule has 2 aliphatic heterocycles. The fourth-order valence-electron chi connectivity index (χ4n) is 7.96. The highest BCUT2D eigenvalue weighted by Crippen LogP contribution is 2.38. The third kappa shape index (κ3) is 8.50. The van der Waals surface area contributed by atoms with Gasteiger partial charge in [-0.1, -0.05) is 48.5 Å². The molecule has 3 N–H and O–H groups in total. The second-order valence-electron chi connectivity index (χ2n) is 14.6. The summed E-state index contributed by atoms with van der Waals surface area (Å²) < 4.78 is 11.4. The number of hydrogen-bond acceptors (Lipinski definition) is 6. The van der Waals surface area contributed by atoms with Gasteiger partial charge < -0.3 is 34.9 Å². The number of carbonyl (C=O) groups excluding carboxylic acids is 4. The first-order chi connectivity index (χ1) is 25.6. The van der Waals surface area contributed by atoms with E-state index in [0.717, 1.165) is 28.6 Å². The van der Waals surface area contributed by atoms with Crippen molar-refractivity contribution < 1.29 is 28.7 Å². The van der Waals surface area contributed by atoms with Crippen LogP contribution in [0.25, 0.3) is 10.9 Å². The van der Waals surface area contributed by atoms with Crippen LogP contribution in [0, 0.1) is 24.7 Å². The first-order valence-corrected chi connectivity index (χ1v) is 18.6. The van der Waals surface area contributed by atoms with Crippen molar-refractivity contribution in [1.82, 2.24) is 25.4 Å². The molecule has 53 heavy (non-hydrogen) atoms. The van der Waals surface area contributed by atoms with Gasteiger partial charge in [0.05, 0.1) is 25.6 Å². The Balaban J connectivity index is 1.23. The summed E-state index contributed by atoms with van der Waals surface area (Å²) >= 11 is 0. The van der Waals surface area contributed by atoms with Crippen molar-refractivity contribution in [3.05, 3.63) is 95.2 Å². The number of aromatic nitrogens is 1. The van der Waals surface area contributed by atoms with Crippen molar-refractivity contribution in [1.29, 1.82) is 0 Å². The summed E-state index contributed by atoms with van der Waals surface area (Å²) in [6, 6.07) is 22.4. The predicted octanol–water partition coefficient (Wildman–Crippen LogP) is 4.92. The SMILES string of the molecule is CNC(=O)[C@H](CCCc1ccccc1)NC(=O)C1CN(C(=O)Cc2c(C)[nH]c3ccccc23)CC2CN(C(=O)c3ccc(OC(C)C)c(OC)c3)CC21. The maximum absolute atomic E-state index is 14.3. The van der Waals surface area contributed by atoms with Gasteiger partial charge in [-0.2, -0.15) is 0 Å².